The average Bonchev–Trinajstić information content (AvgIpc) is 3.76. The summed E-state index contributed by atoms with van der Waals surface area (Å²) in [5.41, 5.74) is 8.92. The number of pyridine rings is 2. The Morgan fingerprint density at radius 1 is 0.977 bits per heavy atom. The zero-order valence-electron chi connectivity index (χ0n) is 25.0. The molecule has 0 aromatic carbocycles. The molecule has 0 saturated heterocycles. The van der Waals surface area contributed by atoms with Gasteiger partial charge in [0.05, 0.1) is 12.8 Å². The number of anilines is 1. The highest BCUT2D eigenvalue weighted by Gasteiger charge is 2.34. The molecule has 3 saturated carbocycles. The van der Waals surface area contributed by atoms with Crippen LogP contribution in [0.15, 0.2) is 41.1 Å². The fraction of sp³-hybridized carbons (Fsp3) is 0.545. The quantitative estimate of drug-likeness (QED) is 0.309. The monoisotopic (exact) mass is 587 g/mol. The van der Waals surface area contributed by atoms with E-state index in [0.717, 1.165) is 72.8 Å². The number of carbonyl (C=O) groups excluding carboxylic acids is 2. The van der Waals surface area contributed by atoms with Gasteiger partial charge in [0.15, 0.2) is 5.89 Å². The van der Waals surface area contributed by atoms with E-state index in [-0.39, 0.29) is 17.9 Å². The zero-order chi connectivity index (χ0) is 29.9. The van der Waals surface area contributed by atoms with Crippen LogP contribution in [-0.4, -0.2) is 46.7 Å². The van der Waals surface area contributed by atoms with Crippen LogP contribution in [0.4, 0.5) is 10.6 Å². The van der Waals surface area contributed by atoms with Gasteiger partial charge in [-0.2, -0.15) is 0 Å². The lowest BCUT2D eigenvalue weighted by Crippen LogP contribution is -2.42. The maximum absolute atomic E-state index is 14.1. The molecule has 0 aliphatic heterocycles. The van der Waals surface area contributed by atoms with Crippen molar-refractivity contribution in [3.05, 3.63) is 54.0 Å². The molecule has 3 aromatic heterocycles. The third kappa shape index (κ3) is 6.84. The van der Waals surface area contributed by atoms with Crippen LogP contribution in [-0.2, 0) is 9.53 Å². The Morgan fingerprint density at radius 3 is 2.40 bits per heavy atom. The van der Waals surface area contributed by atoms with Gasteiger partial charge in [-0.3, -0.25) is 14.7 Å². The molecule has 3 aliphatic rings. The molecular formula is C33H41N5O5. The summed E-state index contributed by atoms with van der Waals surface area (Å²) in [4.78, 5) is 41.5. The lowest BCUT2D eigenvalue weighted by Gasteiger charge is -2.35. The lowest BCUT2D eigenvalue weighted by atomic mass is 9.79. The van der Waals surface area contributed by atoms with E-state index >= 15 is 0 Å². The first kappa shape index (κ1) is 29.1. The van der Waals surface area contributed by atoms with Gasteiger partial charge in [-0.05, 0) is 101 Å². The number of hydrogen-bond donors (Lipinski definition) is 1. The maximum Gasteiger partial charge on any atom is 0.404 e. The van der Waals surface area contributed by atoms with Crippen molar-refractivity contribution >= 4 is 17.8 Å². The van der Waals surface area contributed by atoms with Gasteiger partial charge in [0.25, 0.3) is 0 Å². The Balaban J connectivity index is 1.18. The van der Waals surface area contributed by atoms with Crippen LogP contribution in [0, 0.1) is 18.8 Å². The molecule has 0 spiro atoms. The molecule has 0 atom stereocenters. The van der Waals surface area contributed by atoms with Crippen molar-refractivity contribution in [2.75, 3.05) is 18.6 Å². The molecule has 2 N–H and O–H groups in total. The molecule has 0 radical (unpaired) electrons. The summed E-state index contributed by atoms with van der Waals surface area (Å²) in [5.74, 6) is 3.34. The summed E-state index contributed by atoms with van der Waals surface area (Å²) in [6.07, 6.45) is 11.3. The minimum absolute atomic E-state index is 0.0792. The van der Waals surface area contributed by atoms with Crippen molar-refractivity contribution in [2.24, 2.45) is 17.6 Å². The number of rotatable bonds is 9. The molecule has 3 heterocycles. The standard InChI is InChI=1S/C33H41N5O5/c1-20-29(41-2)14-13-27(36-20)22-5-3-21(4-6-22)18-38(32(39)24-9-11-26(12-10-24)43-33(34)40)30-17-25(15-16-35-30)28-19-42-31(37-28)23-7-8-23/h13-17,19,21-24,26H,3-12,18H2,1-2H3,(H2,34,40). The molecule has 228 valence electrons. The predicted molar refractivity (Wildman–Crippen MR) is 161 cm³/mol. The van der Waals surface area contributed by atoms with E-state index in [9.17, 15) is 9.59 Å². The molecule has 2 amide bonds. The summed E-state index contributed by atoms with van der Waals surface area (Å²) in [7, 11) is 1.67. The Labute approximate surface area is 252 Å². The number of primary amides is 1. The number of ether oxygens (including phenoxy) is 2. The summed E-state index contributed by atoms with van der Waals surface area (Å²) < 4.78 is 16.4. The number of methoxy groups -OCH3 is 1. The van der Waals surface area contributed by atoms with E-state index in [0.29, 0.717) is 55.8 Å². The molecule has 3 aliphatic carbocycles. The fourth-order valence-corrected chi connectivity index (χ4v) is 6.68. The lowest BCUT2D eigenvalue weighted by molar-refractivity contribution is -0.124. The second-order valence-corrected chi connectivity index (χ2v) is 12.3. The zero-order valence-corrected chi connectivity index (χ0v) is 25.0. The molecule has 3 fully saturated rings. The molecule has 10 heteroatoms. The van der Waals surface area contributed by atoms with Crippen LogP contribution in [0.3, 0.4) is 0 Å². The minimum atomic E-state index is -0.759. The van der Waals surface area contributed by atoms with Gasteiger partial charge in [0, 0.05) is 41.8 Å². The Morgan fingerprint density at radius 2 is 1.72 bits per heavy atom. The summed E-state index contributed by atoms with van der Waals surface area (Å²) in [6, 6.07) is 7.97. The molecule has 6 rings (SSSR count). The Hall–Kier alpha value is -3.95. The van der Waals surface area contributed by atoms with Crippen molar-refractivity contribution in [3.63, 3.8) is 0 Å². The summed E-state index contributed by atoms with van der Waals surface area (Å²) in [6.45, 7) is 2.60. The van der Waals surface area contributed by atoms with Crippen molar-refractivity contribution < 1.29 is 23.5 Å². The number of oxazole rings is 1. The topological polar surface area (TPSA) is 134 Å². The van der Waals surface area contributed by atoms with Crippen LogP contribution < -0.4 is 15.4 Å². The largest absolute Gasteiger partial charge is 0.495 e. The summed E-state index contributed by atoms with van der Waals surface area (Å²) in [5, 5.41) is 0. The highest BCUT2D eigenvalue weighted by atomic mass is 16.6. The van der Waals surface area contributed by atoms with Crippen LogP contribution in [0.1, 0.15) is 93.3 Å². The van der Waals surface area contributed by atoms with E-state index in [1.165, 1.54) is 0 Å². The minimum Gasteiger partial charge on any atom is -0.495 e. The van der Waals surface area contributed by atoms with E-state index < -0.39 is 6.09 Å². The Bertz CT molecular complexity index is 1440. The van der Waals surface area contributed by atoms with Gasteiger partial charge in [0.1, 0.15) is 29.6 Å². The first-order chi connectivity index (χ1) is 20.9. The van der Waals surface area contributed by atoms with Crippen molar-refractivity contribution in [1.29, 1.82) is 0 Å². The first-order valence-corrected chi connectivity index (χ1v) is 15.6. The predicted octanol–water partition coefficient (Wildman–Crippen LogP) is 6.29. The summed E-state index contributed by atoms with van der Waals surface area (Å²) >= 11 is 0. The molecular weight excluding hydrogens is 546 g/mol. The van der Waals surface area contributed by atoms with E-state index in [1.54, 1.807) is 19.6 Å². The SMILES string of the molecule is COc1ccc(C2CCC(CN(C(=O)C3CCC(OC(N)=O)CC3)c3cc(-c4coc(C5CC5)n4)ccn3)CC2)nc1C. The smallest absolute Gasteiger partial charge is 0.404 e. The van der Waals surface area contributed by atoms with Gasteiger partial charge in [-0.15, -0.1) is 0 Å². The molecule has 10 nitrogen and oxygen atoms in total. The normalized spacial score (nSPS) is 23.9. The number of carbonyl (C=O) groups is 2. The van der Waals surface area contributed by atoms with Crippen molar-refractivity contribution in [1.82, 2.24) is 15.0 Å². The second-order valence-electron chi connectivity index (χ2n) is 12.3. The number of amides is 2. The molecule has 43 heavy (non-hydrogen) atoms. The fourth-order valence-electron chi connectivity index (χ4n) is 6.68. The van der Waals surface area contributed by atoms with E-state index in [1.807, 2.05) is 30.0 Å². The number of hydrogen-bond acceptors (Lipinski definition) is 8. The molecule has 3 aromatic rings. The molecule has 0 bridgehead atoms. The Kier molecular flexibility index (Phi) is 8.63. The van der Waals surface area contributed by atoms with Gasteiger partial charge in [-0.25, -0.2) is 14.8 Å². The first-order valence-electron chi connectivity index (χ1n) is 15.6. The van der Waals surface area contributed by atoms with Crippen LogP contribution in [0.2, 0.25) is 0 Å². The van der Waals surface area contributed by atoms with Gasteiger partial charge in [-0.1, -0.05) is 0 Å². The maximum atomic E-state index is 14.1. The average molecular weight is 588 g/mol. The van der Waals surface area contributed by atoms with Gasteiger partial charge < -0.3 is 19.6 Å². The van der Waals surface area contributed by atoms with Gasteiger partial charge in [0.2, 0.25) is 5.91 Å². The van der Waals surface area contributed by atoms with Crippen LogP contribution >= 0.6 is 0 Å². The second kappa shape index (κ2) is 12.7. The van der Waals surface area contributed by atoms with Crippen LogP contribution in [0.5, 0.6) is 5.75 Å². The highest BCUT2D eigenvalue weighted by molar-refractivity contribution is 5.94. The third-order valence-electron chi connectivity index (χ3n) is 9.32. The van der Waals surface area contributed by atoms with Crippen molar-refractivity contribution in [2.45, 2.75) is 89.1 Å². The number of nitrogens with two attached hydrogens (primary N) is 1. The number of aromatic nitrogens is 3. The molecule has 0 unspecified atom stereocenters. The van der Waals surface area contributed by atoms with E-state index in [2.05, 4.69) is 11.1 Å². The number of aryl methyl sites for hydroxylation is 1. The van der Waals surface area contributed by atoms with Crippen molar-refractivity contribution in [3.8, 4) is 17.0 Å². The third-order valence-corrected chi connectivity index (χ3v) is 9.32. The highest BCUT2D eigenvalue weighted by Crippen LogP contribution is 2.41. The number of nitrogens with zero attached hydrogens (tertiary/aromatic N) is 4. The van der Waals surface area contributed by atoms with E-state index in [4.69, 9.17) is 29.6 Å². The van der Waals surface area contributed by atoms with Gasteiger partial charge >= 0.3 is 6.09 Å². The van der Waals surface area contributed by atoms with Crippen LogP contribution in [0.25, 0.3) is 11.3 Å².